The standard InChI is InChI=1S/C17H22S2/c1-3-17(4-2,12-18)13-19-16-10-9-14-7-5-6-8-15(14)11-16/h5-11,18H,3-4,12-13H2,1-2H3. The fraction of sp³-hybridized carbons (Fsp3) is 0.412. The van der Waals surface area contributed by atoms with Crippen molar-refractivity contribution in [3.05, 3.63) is 42.5 Å². The summed E-state index contributed by atoms with van der Waals surface area (Å²) in [5.74, 6) is 2.13. The minimum Gasteiger partial charge on any atom is -0.179 e. The van der Waals surface area contributed by atoms with Crippen molar-refractivity contribution in [1.29, 1.82) is 0 Å². The average molecular weight is 290 g/mol. The molecule has 2 aromatic rings. The number of benzene rings is 2. The van der Waals surface area contributed by atoms with Crippen LogP contribution in [0.2, 0.25) is 0 Å². The first-order valence-corrected chi connectivity index (χ1v) is 8.57. The van der Waals surface area contributed by atoms with Crippen molar-refractivity contribution in [2.45, 2.75) is 31.6 Å². The summed E-state index contributed by atoms with van der Waals surface area (Å²) >= 11 is 6.52. The number of hydrogen-bond donors (Lipinski definition) is 1. The minimum absolute atomic E-state index is 0.374. The van der Waals surface area contributed by atoms with Gasteiger partial charge in [0, 0.05) is 10.6 Å². The van der Waals surface area contributed by atoms with Gasteiger partial charge in [-0.2, -0.15) is 12.6 Å². The molecular formula is C17H22S2. The van der Waals surface area contributed by atoms with Crippen LogP contribution in [0.1, 0.15) is 26.7 Å². The molecule has 0 aromatic heterocycles. The second kappa shape index (κ2) is 6.71. The maximum Gasteiger partial charge on any atom is 0.00785 e. The first-order valence-electron chi connectivity index (χ1n) is 6.95. The molecule has 0 saturated carbocycles. The molecule has 0 aliphatic heterocycles. The fourth-order valence-electron chi connectivity index (χ4n) is 2.22. The quantitative estimate of drug-likeness (QED) is 0.528. The van der Waals surface area contributed by atoms with E-state index in [0.29, 0.717) is 5.41 Å². The molecule has 102 valence electrons. The summed E-state index contributed by atoms with van der Waals surface area (Å²) in [7, 11) is 0. The largest absolute Gasteiger partial charge is 0.179 e. The first-order chi connectivity index (χ1) is 9.23. The van der Waals surface area contributed by atoms with E-state index in [1.54, 1.807) is 0 Å². The Morgan fingerprint density at radius 2 is 1.68 bits per heavy atom. The zero-order valence-corrected chi connectivity index (χ0v) is 13.4. The Hall–Kier alpha value is -0.600. The van der Waals surface area contributed by atoms with Crippen LogP contribution < -0.4 is 0 Å². The predicted molar refractivity (Wildman–Crippen MR) is 91.5 cm³/mol. The summed E-state index contributed by atoms with van der Waals surface area (Å²) in [6.07, 6.45) is 2.40. The lowest BCUT2D eigenvalue weighted by Gasteiger charge is -2.29. The van der Waals surface area contributed by atoms with Gasteiger partial charge in [0.1, 0.15) is 0 Å². The number of thioether (sulfide) groups is 1. The van der Waals surface area contributed by atoms with Crippen molar-refractivity contribution in [3.8, 4) is 0 Å². The van der Waals surface area contributed by atoms with E-state index in [0.717, 1.165) is 11.5 Å². The van der Waals surface area contributed by atoms with E-state index in [1.165, 1.54) is 28.5 Å². The van der Waals surface area contributed by atoms with E-state index in [4.69, 9.17) is 0 Å². The van der Waals surface area contributed by atoms with E-state index in [1.807, 2.05) is 11.8 Å². The third-order valence-electron chi connectivity index (χ3n) is 4.10. The van der Waals surface area contributed by atoms with E-state index < -0.39 is 0 Å². The molecule has 0 nitrogen and oxygen atoms in total. The molecule has 0 spiro atoms. The molecule has 2 rings (SSSR count). The second-order valence-electron chi connectivity index (χ2n) is 5.16. The molecule has 0 bridgehead atoms. The maximum absolute atomic E-state index is 4.55. The Morgan fingerprint density at radius 1 is 1.00 bits per heavy atom. The Morgan fingerprint density at radius 3 is 2.32 bits per heavy atom. The van der Waals surface area contributed by atoms with Gasteiger partial charge < -0.3 is 0 Å². The van der Waals surface area contributed by atoms with Crippen molar-refractivity contribution < 1.29 is 0 Å². The van der Waals surface area contributed by atoms with Crippen LogP contribution in [0.25, 0.3) is 10.8 Å². The van der Waals surface area contributed by atoms with E-state index in [-0.39, 0.29) is 0 Å². The van der Waals surface area contributed by atoms with Crippen molar-refractivity contribution in [1.82, 2.24) is 0 Å². The van der Waals surface area contributed by atoms with E-state index in [9.17, 15) is 0 Å². The Balaban J connectivity index is 2.13. The van der Waals surface area contributed by atoms with Gasteiger partial charge in [-0.25, -0.2) is 0 Å². The lowest BCUT2D eigenvalue weighted by molar-refractivity contribution is 0.357. The van der Waals surface area contributed by atoms with Crippen molar-refractivity contribution in [3.63, 3.8) is 0 Å². The Labute approximate surface area is 126 Å². The number of rotatable bonds is 6. The lowest BCUT2D eigenvalue weighted by atomic mass is 9.87. The second-order valence-corrected chi connectivity index (χ2v) is 6.53. The topological polar surface area (TPSA) is 0 Å². The minimum atomic E-state index is 0.374. The van der Waals surface area contributed by atoms with Gasteiger partial charge in [0.05, 0.1) is 0 Å². The zero-order chi connectivity index (χ0) is 13.7. The van der Waals surface area contributed by atoms with Gasteiger partial charge in [0.15, 0.2) is 0 Å². The highest BCUT2D eigenvalue weighted by atomic mass is 32.2. The van der Waals surface area contributed by atoms with Gasteiger partial charge in [-0.1, -0.05) is 44.2 Å². The summed E-state index contributed by atoms with van der Waals surface area (Å²) in [4.78, 5) is 1.37. The molecule has 0 unspecified atom stereocenters. The van der Waals surface area contributed by atoms with Crippen molar-refractivity contribution in [2.24, 2.45) is 5.41 Å². The molecule has 0 radical (unpaired) electrons. The number of fused-ring (bicyclic) bond motifs is 1. The molecule has 19 heavy (non-hydrogen) atoms. The van der Waals surface area contributed by atoms with Crippen LogP contribution in [-0.2, 0) is 0 Å². The smallest absolute Gasteiger partial charge is 0.00785 e. The van der Waals surface area contributed by atoms with Crippen LogP contribution >= 0.6 is 24.4 Å². The molecule has 0 saturated heterocycles. The van der Waals surface area contributed by atoms with Crippen LogP contribution in [0.15, 0.2) is 47.4 Å². The maximum atomic E-state index is 4.55. The Bertz CT molecular complexity index is 521. The SMILES string of the molecule is CCC(CC)(CS)CSc1ccc2ccccc2c1. The number of thiol groups is 1. The highest BCUT2D eigenvalue weighted by molar-refractivity contribution is 7.99. The normalized spacial score (nSPS) is 11.9. The summed E-state index contributed by atoms with van der Waals surface area (Å²) in [6, 6.07) is 15.3. The van der Waals surface area contributed by atoms with E-state index >= 15 is 0 Å². The van der Waals surface area contributed by atoms with Gasteiger partial charge in [-0.05, 0) is 46.9 Å². The average Bonchev–Trinajstić information content (AvgIpc) is 2.49. The third kappa shape index (κ3) is 3.49. The summed E-state index contributed by atoms with van der Waals surface area (Å²) in [6.45, 7) is 4.56. The van der Waals surface area contributed by atoms with Crippen LogP contribution in [0.4, 0.5) is 0 Å². The van der Waals surface area contributed by atoms with Crippen LogP contribution in [0.5, 0.6) is 0 Å². The zero-order valence-electron chi connectivity index (χ0n) is 11.7. The molecule has 0 N–H and O–H groups in total. The van der Waals surface area contributed by atoms with E-state index in [2.05, 4.69) is 68.9 Å². The first kappa shape index (κ1) is 14.8. The third-order valence-corrected chi connectivity index (χ3v) is 6.12. The highest BCUT2D eigenvalue weighted by Gasteiger charge is 2.24. The Kier molecular flexibility index (Phi) is 5.23. The molecule has 0 aliphatic carbocycles. The van der Waals surface area contributed by atoms with Crippen molar-refractivity contribution in [2.75, 3.05) is 11.5 Å². The predicted octanol–water partition coefficient (Wildman–Crippen LogP) is 5.67. The van der Waals surface area contributed by atoms with Gasteiger partial charge in [-0.15, -0.1) is 11.8 Å². The molecule has 2 heteroatoms. The molecule has 0 atom stereocenters. The fourth-order valence-corrected chi connectivity index (χ4v) is 4.29. The highest BCUT2D eigenvalue weighted by Crippen LogP contribution is 2.35. The lowest BCUT2D eigenvalue weighted by Crippen LogP contribution is -2.24. The molecule has 2 aromatic carbocycles. The van der Waals surface area contributed by atoms with Gasteiger partial charge >= 0.3 is 0 Å². The van der Waals surface area contributed by atoms with Gasteiger partial charge in [0.25, 0.3) is 0 Å². The molecule has 0 amide bonds. The van der Waals surface area contributed by atoms with Crippen LogP contribution in [-0.4, -0.2) is 11.5 Å². The summed E-state index contributed by atoms with van der Waals surface area (Å²) in [5, 5.41) is 2.65. The molecule has 0 heterocycles. The van der Waals surface area contributed by atoms with Gasteiger partial charge in [-0.3, -0.25) is 0 Å². The van der Waals surface area contributed by atoms with Crippen LogP contribution in [0, 0.1) is 5.41 Å². The molecule has 0 fully saturated rings. The van der Waals surface area contributed by atoms with Crippen molar-refractivity contribution >= 4 is 35.2 Å². The summed E-state index contributed by atoms with van der Waals surface area (Å²) < 4.78 is 0. The van der Waals surface area contributed by atoms with Gasteiger partial charge in [0.2, 0.25) is 0 Å². The van der Waals surface area contributed by atoms with Crippen LogP contribution in [0.3, 0.4) is 0 Å². The monoisotopic (exact) mass is 290 g/mol. The molecule has 0 aliphatic rings. The number of hydrogen-bond acceptors (Lipinski definition) is 2. The summed E-state index contributed by atoms with van der Waals surface area (Å²) in [5.41, 5.74) is 0.374. The molecular weight excluding hydrogens is 268 g/mol.